The fourth-order valence-electron chi connectivity index (χ4n) is 1.53. The molecule has 0 bridgehead atoms. The molecule has 1 saturated carbocycles. The molecule has 0 heterocycles. The van der Waals surface area contributed by atoms with Gasteiger partial charge in [-0.25, -0.2) is 0 Å². The third kappa shape index (κ3) is 3.20. The number of aliphatic carboxylic acids is 1. The number of aliphatic hydroxyl groups excluding tert-OH is 1. The molecule has 0 aromatic carbocycles. The summed E-state index contributed by atoms with van der Waals surface area (Å²) in [5.41, 5.74) is -0.475. The van der Waals surface area contributed by atoms with E-state index in [0.29, 0.717) is 12.8 Å². The topological polar surface area (TPSA) is 86.6 Å². The number of amides is 1. The van der Waals surface area contributed by atoms with E-state index in [9.17, 15) is 9.59 Å². The summed E-state index contributed by atoms with van der Waals surface area (Å²) in [7, 11) is 0. The molecule has 3 N–H and O–H groups in total. The lowest BCUT2D eigenvalue weighted by atomic mass is 10.0. The molecule has 86 valence electrons. The molecular formula is C10H17NO4. The summed E-state index contributed by atoms with van der Waals surface area (Å²) < 4.78 is 0. The van der Waals surface area contributed by atoms with Crippen LogP contribution >= 0.6 is 0 Å². The van der Waals surface area contributed by atoms with Crippen molar-refractivity contribution in [3.63, 3.8) is 0 Å². The standard InChI is InChI=1S/C10H17NO4/c1-10(2,3-4-12)11-8(13)6-5-7(6)9(14)15/h6-7,12H,3-5H2,1-2H3,(H,11,13)(H,14,15)/t6-,7+/m1/s1. The Morgan fingerprint density at radius 2 is 2.00 bits per heavy atom. The van der Waals surface area contributed by atoms with Crippen LogP contribution in [0.5, 0.6) is 0 Å². The Hall–Kier alpha value is -1.10. The van der Waals surface area contributed by atoms with Crippen molar-refractivity contribution in [2.75, 3.05) is 6.61 Å². The molecule has 0 aromatic rings. The Bertz CT molecular complexity index is 275. The third-order valence-corrected chi connectivity index (χ3v) is 2.64. The van der Waals surface area contributed by atoms with E-state index in [4.69, 9.17) is 10.2 Å². The third-order valence-electron chi connectivity index (χ3n) is 2.64. The number of carbonyl (C=O) groups is 2. The fourth-order valence-corrected chi connectivity index (χ4v) is 1.53. The summed E-state index contributed by atoms with van der Waals surface area (Å²) in [6.45, 7) is 3.61. The first kappa shape index (κ1) is 12.0. The summed E-state index contributed by atoms with van der Waals surface area (Å²) >= 11 is 0. The van der Waals surface area contributed by atoms with Crippen LogP contribution in [0.3, 0.4) is 0 Å². The molecule has 0 saturated heterocycles. The number of carbonyl (C=O) groups excluding carboxylic acids is 1. The Kier molecular flexibility index (Phi) is 3.34. The molecule has 15 heavy (non-hydrogen) atoms. The van der Waals surface area contributed by atoms with E-state index in [2.05, 4.69) is 5.32 Å². The van der Waals surface area contributed by atoms with Crippen molar-refractivity contribution in [1.82, 2.24) is 5.32 Å². The molecule has 0 unspecified atom stereocenters. The van der Waals surface area contributed by atoms with E-state index >= 15 is 0 Å². The van der Waals surface area contributed by atoms with Crippen molar-refractivity contribution in [2.45, 2.75) is 32.2 Å². The van der Waals surface area contributed by atoms with Crippen LogP contribution in [0.1, 0.15) is 26.7 Å². The van der Waals surface area contributed by atoms with Crippen LogP contribution in [0, 0.1) is 11.8 Å². The SMILES string of the molecule is CC(C)(CCO)NC(=O)[C@@H]1C[C@@H]1C(=O)O. The summed E-state index contributed by atoms with van der Waals surface area (Å²) in [6, 6.07) is 0. The molecule has 1 fully saturated rings. The Balaban J connectivity index is 2.41. The molecule has 0 radical (unpaired) electrons. The van der Waals surface area contributed by atoms with Gasteiger partial charge in [0.1, 0.15) is 0 Å². The zero-order valence-electron chi connectivity index (χ0n) is 8.99. The average molecular weight is 215 g/mol. The van der Waals surface area contributed by atoms with E-state index in [-0.39, 0.29) is 18.4 Å². The molecule has 0 spiro atoms. The first-order valence-electron chi connectivity index (χ1n) is 5.03. The van der Waals surface area contributed by atoms with E-state index in [1.54, 1.807) is 13.8 Å². The van der Waals surface area contributed by atoms with Gasteiger partial charge in [-0.2, -0.15) is 0 Å². The summed E-state index contributed by atoms with van der Waals surface area (Å²) in [5.74, 6) is -2.04. The minimum absolute atomic E-state index is 0.000303. The van der Waals surface area contributed by atoms with Crippen LogP contribution in [0.25, 0.3) is 0 Å². The average Bonchev–Trinajstić information content (AvgIpc) is 2.80. The van der Waals surface area contributed by atoms with Gasteiger partial charge >= 0.3 is 5.97 Å². The zero-order valence-corrected chi connectivity index (χ0v) is 8.99. The number of rotatable bonds is 5. The van der Waals surface area contributed by atoms with E-state index in [1.807, 2.05) is 0 Å². The molecule has 1 rings (SSSR count). The number of aliphatic hydroxyl groups is 1. The van der Waals surface area contributed by atoms with Crippen molar-refractivity contribution in [2.24, 2.45) is 11.8 Å². The highest BCUT2D eigenvalue weighted by Crippen LogP contribution is 2.39. The molecule has 5 heteroatoms. The number of carboxylic acid groups (broad SMARTS) is 1. The van der Waals surface area contributed by atoms with Gasteiger partial charge in [-0.1, -0.05) is 0 Å². The Morgan fingerprint density at radius 1 is 1.40 bits per heavy atom. The molecule has 1 amide bonds. The predicted octanol–water partition coefficient (Wildman–Crippen LogP) is -0.0157. The molecule has 1 aliphatic rings. The second kappa shape index (κ2) is 4.18. The van der Waals surface area contributed by atoms with E-state index < -0.39 is 17.4 Å². The van der Waals surface area contributed by atoms with Gasteiger partial charge in [0.25, 0.3) is 0 Å². The van der Waals surface area contributed by atoms with Gasteiger partial charge in [0, 0.05) is 12.1 Å². The second-order valence-corrected chi connectivity index (χ2v) is 4.63. The van der Waals surface area contributed by atoms with Crippen LogP contribution < -0.4 is 5.32 Å². The largest absolute Gasteiger partial charge is 0.481 e. The van der Waals surface area contributed by atoms with Gasteiger partial charge in [0.2, 0.25) is 5.91 Å². The molecule has 1 aliphatic carbocycles. The number of hydrogen-bond acceptors (Lipinski definition) is 3. The van der Waals surface area contributed by atoms with Crippen LogP contribution in [-0.2, 0) is 9.59 Å². The van der Waals surface area contributed by atoms with Crippen molar-refractivity contribution in [3.8, 4) is 0 Å². The highest BCUT2D eigenvalue weighted by molar-refractivity contribution is 5.89. The molecule has 5 nitrogen and oxygen atoms in total. The predicted molar refractivity (Wildman–Crippen MR) is 53.2 cm³/mol. The maximum Gasteiger partial charge on any atom is 0.307 e. The van der Waals surface area contributed by atoms with Gasteiger partial charge in [0.15, 0.2) is 0 Å². The highest BCUT2D eigenvalue weighted by Gasteiger charge is 2.49. The lowest BCUT2D eigenvalue weighted by Crippen LogP contribution is -2.45. The van der Waals surface area contributed by atoms with Gasteiger partial charge in [-0.3, -0.25) is 9.59 Å². The smallest absolute Gasteiger partial charge is 0.307 e. The van der Waals surface area contributed by atoms with Gasteiger partial charge in [0.05, 0.1) is 11.8 Å². The summed E-state index contributed by atoms with van der Waals surface area (Å²) in [5, 5.41) is 20.2. The monoisotopic (exact) mass is 215 g/mol. The number of nitrogens with one attached hydrogen (secondary N) is 1. The van der Waals surface area contributed by atoms with Crippen molar-refractivity contribution in [1.29, 1.82) is 0 Å². The molecule has 0 aromatic heterocycles. The molecule has 2 atom stereocenters. The summed E-state index contributed by atoms with van der Waals surface area (Å²) in [4.78, 5) is 22.1. The second-order valence-electron chi connectivity index (χ2n) is 4.63. The minimum atomic E-state index is -0.907. The van der Waals surface area contributed by atoms with E-state index in [1.165, 1.54) is 0 Å². The lowest BCUT2D eigenvalue weighted by molar-refractivity contribution is -0.140. The summed E-state index contributed by atoms with van der Waals surface area (Å²) in [6.07, 6.45) is 0.888. The maximum absolute atomic E-state index is 11.6. The fraction of sp³-hybridized carbons (Fsp3) is 0.800. The van der Waals surface area contributed by atoms with Crippen LogP contribution in [0.4, 0.5) is 0 Å². The van der Waals surface area contributed by atoms with Crippen molar-refractivity contribution in [3.05, 3.63) is 0 Å². The van der Waals surface area contributed by atoms with Crippen molar-refractivity contribution < 1.29 is 19.8 Å². The van der Waals surface area contributed by atoms with Crippen LogP contribution in [0.15, 0.2) is 0 Å². The van der Waals surface area contributed by atoms with Crippen LogP contribution in [0.2, 0.25) is 0 Å². The van der Waals surface area contributed by atoms with Gasteiger partial charge in [-0.05, 0) is 26.7 Å². The van der Waals surface area contributed by atoms with Crippen LogP contribution in [-0.4, -0.2) is 34.2 Å². The molecule has 0 aliphatic heterocycles. The van der Waals surface area contributed by atoms with Crippen molar-refractivity contribution >= 4 is 11.9 Å². The zero-order chi connectivity index (χ0) is 11.6. The minimum Gasteiger partial charge on any atom is -0.481 e. The normalized spacial score (nSPS) is 24.7. The first-order chi connectivity index (χ1) is 6.87. The Morgan fingerprint density at radius 3 is 2.40 bits per heavy atom. The number of hydrogen-bond donors (Lipinski definition) is 3. The molecular weight excluding hydrogens is 198 g/mol. The Labute approximate surface area is 88.5 Å². The van der Waals surface area contributed by atoms with E-state index in [0.717, 1.165) is 0 Å². The first-order valence-corrected chi connectivity index (χ1v) is 5.03. The van der Waals surface area contributed by atoms with Gasteiger partial charge in [-0.15, -0.1) is 0 Å². The van der Waals surface area contributed by atoms with Gasteiger partial charge < -0.3 is 15.5 Å². The quantitative estimate of drug-likeness (QED) is 0.601. The maximum atomic E-state index is 11.6. The highest BCUT2D eigenvalue weighted by atomic mass is 16.4. The lowest BCUT2D eigenvalue weighted by Gasteiger charge is -2.25. The number of carboxylic acids is 1.